The molecule has 0 aromatic carbocycles. The third-order valence-electron chi connectivity index (χ3n) is 3.43. The summed E-state index contributed by atoms with van der Waals surface area (Å²) in [5.74, 6) is 1.56. The molecule has 0 heterocycles. The molecular weight excluding hydrogens is 403 g/mol. The summed E-state index contributed by atoms with van der Waals surface area (Å²) in [4.78, 5) is 4.49. The van der Waals surface area contributed by atoms with E-state index in [-0.39, 0.29) is 24.0 Å². The first-order valence-electron chi connectivity index (χ1n) is 7.38. The average molecular weight is 432 g/mol. The molecule has 0 bridgehead atoms. The largest absolute Gasteiger partial charge is 0.357 e. The van der Waals surface area contributed by atoms with Crippen LogP contribution in [0.25, 0.3) is 0 Å². The highest BCUT2D eigenvalue weighted by Gasteiger charge is 2.33. The lowest BCUT2D eigenvalue weighted by Gasteiger charge is -2.17. The molecule has 0 aliphatic heterocycles. The normalized spacial score (nSPS) is 21.9. The van der Waals surface area contributed by atoms with Gasteiger partial charge >= 0.3 is 0 Å². The van der Waals surface area contributed by atoms with Gasteiger partial charge in [-0.15, -0.1) is 24.0 Å². The van der Waals surface area contributed by atoms with E-state index in [9.17, 15) is 8.42 Å². The highest BCUT2D eigenvalue weighted by Crippen LogP contribution is 2.28. The van der Waals surface area contributed by atoms with Gasteiger partial charge in [0, 0.05) is 32.2 Å². The van der Waals surface area contributed by atoms with E-state index in [1.165, 1.54) is 17.0 Å². The second-order valence-corrected chi connectivity index (χ2v) is 7.32. The number of sulfonamides is 1. The molecule has 2 unspecified atom stereocenters. The van der Waals surface area contributed by atoms with E-state index < -0.39 is 10.0 Å². The molecule has 8 heteroatoms. The quantitative estimate of drug-likeness (QED) is 0.262. The Morgan fingerprint density at radius 3 is 2.43 bits per heavy atom. The molecule has 0 aromatic heterocycles. The first-order chi connectivity index (χ1) is 9.38. The Labute approximate surface area is 146 Å². The molecule has 1 fully saturated rings. The maximum Gasteiger partial charge on any atom is 0.211 e. The maximum atomic E-state index is 11.4. The van der Waals surface area contributed by atoms with Gasteiger partial charge in [0.25, 0.3) is 0 Å². The van der Waals surface area contributed by atoms with Crippen molar-refractivity contribution in [2.24, 2.45) is 10.9 Å². The molecule has 2 atom stereocenters. The molecule has 6 nitrogen and oxygen atoms in total. The van der Waals surface area contributed by atoms with Crippen LogP contribution in [0.5, 0.6) is 0 Å². The summed E-state index contributed by atoms with van der Waals surface area (Å²) in [6.07, 6.45) is 3.18. The SMILES string of the molecule is CCNC(=NCCCN(CC)S(C)(=O)=O)NC1CC1C.I. The van der Waals surface area contributed by atoms with Gasteiger partial charge < -0.3 is 10.6 Å². The number of nitrogens with zero attached hydrogens (tertiary/aromatic N) is 2. The van der Waals surface area contributed by atoms with Crippen LogP contribution in [0.3, 0.4) is 0 Å². The fourth-order valence-corrected chi connectivity index (χ4v) is 2.94. The van der Waals surface area contributed by atoms with Crippen molar-refractivity contribution in [3.8, 4) is 0 Å². The van der Waals surface area contributed by atoms with Crippen LogP contribution < -0.4 is 10.6 Å². The van der Waals surface area contributed by atoms with E-state index in [1.807, 2.05) is 13.8 Å². The predicted octanol–water partition coefficient (Wildman–Crippen LogP) is 1.24. The summed E-state index contributed by atoms with van der Waals surface area (Å²) in [6.45, 7) is 8.60. The molecular formula is C13H29IN4O2S. The molecule has 1 aliphatic carbocycles. The van der Waals surface area contributed by atoms with E-state index in [0.717, 1.165) is 24.8 Å². The average Bonchev–Trinajstić information content (AvgIpc) is 3.03. The third-order valence-corrected chi connectivity index (χ3v) is 4.81. The summed E-state index contributed by atoms with van der Waals surface area (Å²) in [7, 11) is -3.09. The lowest BCUT2D eigenvalue weighted by atomic mass is 10.4. The van der Waals surface area contributed by atoms with Crippen molar-refractivity contribution < 1.29 is 8.42 Å². The molecule has 1 rings (SSSR count). The number of aliphatic imine (C=N–C) groups is 1. The van der Waals surface area contributed by atoms with Crippen molar-refractivity contribution >= 4 is 40.0 Å². The minimum Gasteiger partial charge on any atom is -0.357 e. The first-order valence-corrected chi connectivity index (χ1v) is 9.23. The van der Waals surface area contributed by atoms with E-state index in [2.05, 4.69) is 22.5 Å². The standard InChI is InChI=1S/C13H28N4O2S.HI/c1-5-14-13(16-12-10-11(12)3)15-8-7-9-17(6-2)20(4,18)19;/h11-12H,5-10H2,1-4H3,(H2,14,15,16);1H. The zero-order valence-electron chi connectivity index (χ0n) is 13.4. The van der Waals surface area contributed by atoms with Crippen LogP contribution in [0.1, 0.15) is 33.6 Å². The lowest BCUT2D eigenvalue weighted by Crippen LogP contribution is -2.39. The van der Waals surface area contributed by atoms with E-state index in [0.29, 0.717) is 25.7 Å². The van der Waals surface area contributed by atoms with E-state index in [4.69, 9.17) is 0 Å². The molecule has 2 N–H and O–H groups in total. The Balaban J connectivity index is 0.00000400. The monoisotopic (exact) mass is 432 g/mol. The fourth-order valence-electron chi connectivity index (χ4n) is 2.02. The second kappa shape index (κ2) is 9.83. The molecule has 1 aliphatic rings. The summed E-state index contributed by atoms with van der Waals surface area (Å²) in [6, 6.07) is 0.538. The molecule has 1 saturated carbocycles. The van der Waals surface area contributed by atoms with Crippen LogP contribution in [0.2, 0.25) is 0 Å². The number of guanidine groups is 1. The highest BCUT2D eigenvalue weighted by atomic mass is 127. The van der Waals surface area contributed by atoms with E-state index in [1.54, 1.807) is 0 Å². The second-order valence-electron chi connectivity index (χ2n) is 5.33. The number of nitrogens with one attached hydrogen (secondary N) is 2. The Hall–Kier alpha value is -0.0900. The van der Waals surface area contributed by atoms with Gasteiger partial charge in [0.15, 0.2) is 5.96 Å². The van der Waals surface area contributed by atoms with Gasteiger partial charge in [-0.1, -0.05) is 13.8 Å². The number of hydrogen-bond acceptors (Lipinski definition) is 3. The molecule has 21 heavy (non-hydrogen) atoms. The summed E-state index contributed by atoms with van der Waals surface area (Å²) in [5, 5.41) is 6.59. The Morgan fingerprint density at radius 2 is 2.00 bits per heavy atom. The number of rotatable bonds is 8. The summed E-state index contributed by atoms with van der Waals surface area (Å²) in [5.41, 5.74) is 0. The number of halogens is 1. The van der Waals surface area contributed by atoms with Gasteiger partial charge in [-0.3, -0.25) is 4.99 Å². The van der Waals surface area contributed by atoms with Crippen LogP contribution >= 0.6 is 24.0 Å². The molecule has 0 aromatic rings. The van der Waals surface area contributed by atoms with Crippen molar-refractivity contribution in [2.75, 3.05) is 32.4 Å². The van der Waals surface area contributed by atoms with E-state index >= 15 is 0 Å². The van der Waals surface area contributed by atoms with Crippen molar-refractivity contribution in [2.45, 2.75) is 39.7 Å². The van der Waals surface area contributed by atoms with Crippen molar-refractivity contribution in [3.63, 3.8) is 0 Å². The van der Waals surface area contributed by atoms with Gasteiger partial charge in [-0.2, -0.15) is 0 Å². The summed E-state index contributed by atoms with van der Waals surface area (Å²) < 4.78 is 24.4. The van der Waals surface area contributed by atoms with Crippen LogP contribution in [0, 0.1) is 5.92 Å². The molecule has 0 amide bonds. The minimum absolute atomic E-state index is 0. The lowest BCUT2D eigenvalue weighted by molar-refractivity contribution is 0.427. The highest BCUT2D eigenvalue weighted by molar-refractivity contribution is 14.0. The van der Waals surface area contributed by atoms with Gasteiger partial charge in [0.05, 0.1) is 6.26 Å². The number of hydrogen-bond donors (Lipinski definition) is 2. The van der Waals surface area contributed by atoms with Crippen LogP contribution in [0.4, 0.5) is 0 Å². The Morgan fingerprint density at radius 1 is 1.38 bits per heavy atom. The molecule has 0 saturated heterocycles. The van der Waals surface area contributed by atoms with Gasteiger partial charge in [0.1, 0.15) is 0 Å². The zero-order valence-corrected chi connectivity index (χ0v) is 16.6. The van der Waals surface area contributed by atoms with Crippen molar-refractivity contribution in [3.05, 3.63) is 0 Å². The Kier molecular flexibility index (Phi) is 9.79. The molecule has 126 valence electrons. The van der Waals surface area contributed by atoms with Crippen molar-refractivity contribution in [1.82, 2.24) is 14.9 Å². The van der Waals surface area contributed by atoms with Gasteiger partial charge in [-0.05, 0) is 25.7 Å². The van der Waals surface area contributed by atoms with Crippen LogP contribution in [0.15, 0.2) is 4.99 Å². The Bertz CT molecular complexity index is 428. The third kappa shape index (κ3) is 8.20. The zero-order chi connectivity index (χ0) is 15.2. The van der Waals surface area contributed by atoms with Crippen LogP contribution in [-0.2, 0) is 10.0 Å². The first kappa shape index (κ1) is 20.9. The van der Waals surface area contributed by atoms with Crippen LogP contribution in [-0.4, -0.2) is 57.2 Å². The van der Waals surface area contributed by atoms with Crippen molar-refractivity contribution in [1.29, 1.82) is 0 Å². The smallest absolute Gasteiger partial charge is 0.211 e. The predicted molar refractivity (Wildman–Crippen MR) is 98.8 cm³/mol. The molecule has 0 radical (unpaired) electrons. The van der Waals surface area contributed by atoms with Gasteiger partial charge in [-0.25, -0.2) is 12.7 Å². The van der Waals surface area contributed by atoms with Gasteiger partial charge in [0.2, 0.25) is 10.0 Å². The topological polar surface area (TPSA) is 73.8 Å². The summed E-state index contributed by atoms with van der Waals surface area (Å²) >= 11 is 0. The maximum absolute atomic E-state index is 11.4. The minimum atomic E-state index is -3.09. The fraction of sp³-hybridized carbons (Fsp3) is 0.923. The molecule has 0 spiro atoms.